The lowest BCUT2D eigenvalue weighted by Crippen LogP contribution is -2.32. The van der Waals surface area contributed by atoms with Crippen LogP contribution in [0, 0.1) is 10.1 Å². The minimum absolute atomic E-state index is 0.109. The second kappa shape index (κ2) is 7.61. The number of hydrogen-bond acceptors (Lipinski definition) is 8. The first-order valence-electron chi connectivity index (χ1n) is 7.50. The Bertz CT molecular complexity index is 1010. The van der Waals surface area contributed by atoms with Crippen molar-refractivity contribution in [1.29, 1.82) is 0 Å². The Kier molecular flexibility index (Phi) is 5.69. The third-order valence-corrected chi connectivity index (χ3v) is 4.70. The number of anilines is 2. The molecular formula is C16H18N4O6S. The number of hydrogen-bond donors (Lipinski definition) is 4. The fourth-order valence-corrected chi connectivity index (χ4v) is 2.88. The van der Waals surface area contributed by atoms with Crippen molar-refractivity contribution < 1.29 is 23.6 Å². The zero-order chi connectivity index (χ0) is 20.4. The zero-order valence-electron chi connectivity index (χ0n) is 14.2. The van der Waals surface area contributed by atoms with Crippen molar-refractivity contribution in [3.05, 3.63) is 64.2 Å². The molecule has 0 amide bonds. The highest BCUT2D eigenvalue weighted by atomic mass is 32.2. The first-order chi connectivity index (χ1) is 12.5. The first-order valence-corrected chi connectivity index (χ1v) is 9.05. The third kappa shape index (κ3) is 4.53. The van der Waals surface area contributed by atoms with Gasteiger partial charge in [-0.25, -0.2) is 13.6 Å². The Balaban J connectivity index is 0.000000194. The van der Waals surface area contributed by atoms with Crippen molar-refractivity contribution in [3.63, 3.8) is 0 Å². The van der Waals surface area contributed by atoms with E-state index in [-0.39, 0.29) is 16.3 Å². The number of benzene rings is 2. The predicted octanol–water partition coefficient (Wildman–Crippen LogP) is 1.18. The van der Waals surface area contributed by atoms with Gasteiger partial charge in [-0.05, 0) is 24.3 Å². The van der Waals surface area contributed by atoms with E-state index in [0.717, 1.165) is 29.4 Å². The van der Waals surface area contributed by atoms with Crippen molar-refractivity contribution in [2.45, 2.75) is 11.1 Å². The smallest absolute Gasteiger partial charge is 0.293 e. The van der Waals surface area contributed by atoms with Gasteiger partial charge in [0.15, 0.2) is 0 Å². The van der Waals surface area contributed by atoms with E-state index in [1.807, 2.05) is 24.3 Å². The van der Waals surface area contributed by atoms with Crippen molar-refractivity contribution in [2.24, 2.45) is 5.14 Å². The van der Waals surface area contributed by atoms with Gasteiger partial charge in [-0.2, -0.15) is 0 Å². The van der Waals surface area contributed by atoms with Gasteiger partial charge in [-0.15, -0.1) is 0 Å². The molecule has 1 atom stereocenters. The van der Waals surface area contributed by atoms with Crippen molar-refractivity contribution in [1.82, 2.24) is 0 Å². The number of aliphatic hydroxyl groups is 2. The Morgan fingerprint density at radius 3 is 2.44 bits per heavy atom. The molecule has 3 rings (SSSR count). The van der Waals surface area contributed by atoms with Gasteiger partial charge in [0.05, 0.1) is 9.82 Å². The van der Waals surface area contributed by atoms with Gasteiger partial charge in [0.2, 0.25) is 10.0 Å². The number of nitro groups is 1. The maximum Gasteiger partial charge on any atom is 0.293 e. The lowest BCUT2D eigenvalue weighted by atomic mass is 10.1. The number of nitro benzene ring substituents is 1. The second-order valence-electron chi connectivity index (χ2n) is 5.62. The molecule has 11 heteroatoms. The number of nitrogens with zero attached hydrogens (tertiary/aromatic N) is 2. The summed E-state index contributed by atoms with van der Waals surface area (Å²) in [6.07, 6.45) is 0.678. The van der Waals surface area contributed by atoms with Crippen LogP contribution in [0.3, 0.4) is 0 Å². The van der Waals surface area contributed by atoms with Crippen LogP contribution < -0.4 is 15.8 Å². The molecule has 1 unspecified atom stereocenters. The highest BCUT2D eigenvalue weighted by Crippen LogP contribution is 2.30. The van der Waals surface area contributed by atoms with Crippen LogP contribution in [-0.2, 0) is 10.0 Å². The van der Waals surface area contributed by atoms with Crippen LogP contribution in [0.15, 0.2) is 53.4 Å². The van der Waals surface area contributed by atoms with Crippen LogP contribution in [0.5, 0.6) is 0 Å². The third-order valence-electron chi connectivity index (χ3n) is 3.79. The van der Waals surface area contributed by atoms with E-state index in [9.17, 15) is 28.7 Å². The molecule has 144 valence electrons. The van der Waals surface area contributed by atoms with E-state index in [4.69, 9.17) is 10.9 Å². The zero-order valence-corrected chi connectivity index (χ0v) is 15.0. The second-order valence-corrected chi connectivity index (χ2v) is 7.18. The molecule has 2 aromatic carbocycles. The number of para-hydroxylation sites is 1. The maximum absolute atomic E-state index is 10.8. The Labute approximate surface area is 155 Å². The lowest BCUT2D eigenvalue weighted by molar-refractivity contribution is -0.384. The summed E-state index contributed by atoms with van der Waals surface area (Å²) in [6.45, 7) is 0. The fourth-order valence-electron chi connectivity index (χ4n) is 2.34. The van der Waals surface area contributed by atoms with Gasteiger partial charge < -0.3 is 20.8 Å². The van der Waals surface area contributed by atoms with Crippen LogP contribution in [-0.4, -0.2) is 36.8 Å². The minimum Gasteiger partial charge on any atom is -0.507 e. The van der Waals surface area contributed by atoms with Crippen LogP contribution in [0.2, 0.25) is 0 Å². The summed E-state index contributed by atoms with van der Waals surface area (Å²) in [5.74, 6) is 0.140. The summed E-state index contributed by atoms with van der Waals surface area (Å²) >= 11 is 0. The number of nitrogens with two attached hydrogens (primary N) is 2. The number of nitrogen functional groups attached to an aromatic ring is 1. The molecule has 0 saturated heterocycles. The van der Waals surface area contributed by atoms with Crippen LogP contribution in [0.25, 0.3) is 5.76 Å². The van der Waals surface area contributed by atoms with Crippen molar-refractivity contribution in [2.75, 3.05) is 17.7 Å². The lowest BCUT2D eigenvalue weighted by Gasteiger charge is -2.29. The molecule has 0 saturated carbocycles. The van der Waals surface area contributed by atoms with E-state index in [1.165, 1.54) is 6.08 Å². The molecule has 0 spiro atoms. The Morgan fingerprint density at radius 1 is 1.22 bits per heavy atom. The van der Waals surface area contributed by atoms with Gasteiger partial charge in [0.1, 0.15) is 17.7 Å². The molecule has 0 aromatic heterocycles. The van der Waals surface area contributed by atoms with Gasteiger partial charge in [0, 0.05) is 30.4 Å². The molecule has 0 fully saturated rings. The SMILES string of the molecule is CN1c2ccccc2C(O)=CC1O.Nc1ccc(S(N)(=O)=O)cc1[N+](=O)[O-]. The summed E-state index contributed by atoms with van der Waals surface area (Å²) in [4.78, 5) is 11.0. The van der Waals surface area contributed by atoms with Crippen molar-refractivity contribution >= 4 is 32.8 Å². The molecular weight excluding hydrogens is 376 g/mol. The number of likely N-dealkylation sites (N-methyl/N-ethyl adjacent to an activating group) is 1. The van der Waals surface area contributed by atoms with E-state index >= 15 is 0 Å². The average Bonchev–Trinajstić information content (AvgIpc) is 2.59. The van der Waals surface area contributed by atoms with Gasteiger partial charge >= 0.3 is 0 Å². The molecule has 1 aliphatic rings. The number of sulfonamides is 1. The molecule has 2 aromatic rings. The van der Waals surface area contributed by atoms with Gasteiger partial charge in [0.25, 0.3) is 5.69 Å². The molecule has 0 aliphatic carbocycles. The number of rotatable bonds is 2. The fraction of sp³-hybridized carbons (Fsp3) is 0.125. The number of fused-ring (bicyclic) bond motifs is 1. The standard InChI is InChI=1S/C10H11NO2.C6H7N3O4S/c1-11-8-5-3-2-4-7(8)9(12)6-10(11)13;7-5-2-1-4(14(8,12)13)3-6(5)9(10)11/h2-6,10,12-13H,1H3;1-3H,7H2,(H2,8,12,13). The highest BCUT2D eigenvalue weighted by molar-refractivity contribution is 7.89. The highest BCUT2D eigenvalue weighted by Gasteiger charge is 2.21. The molecule has 6 N–H and O–H groups in total. The summed E-state index contributed by atoms with van der Waals surface area (Å²) in [5, 5.41) is 34.2. The normalized spacial score (nSPS) is 15.9. The molecule has 1 heterocycles. The molecule has 27 heavy (non-hydrogen) atoms. The monoisotopic (exact) mass is 394 g/mol. The Hall–Kier alpha value is -3.15. The van der Waals surface area contributed by atoms with Crippen LogP contribution in [0.1, 0.15) is 5.56 Å². The molecule has 1 aliphatic heterocycles. The maximum atomic E-state index is 10.8. The Morgan fingerprint density at radius 2 is 1.85 bits per heavy atom. The predicted molar refractivity (Wildman–Crippen MR) is 100 cm³/mol. The minimum atomic E-state index is -3.94. The largest absolute Gasteiger partial charge is 0.507 e. The topological polar surface area (TPSA) is 173 Å². The average molecular weight is 394 g/mol. The summed E-state index contributed by atoms with van der Waals surface area (Å²) in [5.41, 5.74) is 6.27. The van der Waals surface area contributed by atoms with E-state index < -0.39 is 26.9 Å². The quantitative estimate of drug-likeness (QED) is 0.334. The van der Waals surface area contributed by atoms with Crippen molar-refractivity contribution in [3.8, 4) is 0 Å². The van der Waals surface area contributed by atoms with Crippen LogP contribution >= 0.6 is 0 Å². The van der Waals surface area contributed by atoms with E-state index in [0.29, 0.717) is 0 Å². The van der Waals surface area contributed by atoms with Crippen LogP contribution in [0.4, 0.5) is 17.1 Å². The van der Waals surface area contributed by atoms with E-state index in [1.54, 1.807) is 11.9 Å². The summed E-state index contributed by atoms with van der Waals surface area (Å²) < 4.78 is 21.7. The van der Waals surface area contributed by atoms with Gasteiger partial charge in [-0.1, -0.05) is 12.1 Å². The van der Waals surface area contributed by atoms with Gasteiger partial charge in [-0.3, -0.25) is 10.1 Å². The number of aliphatic hydroxyl groups excluding tert-OH is 2. The summed E-state index contributed by atoms with van der Waals surface area (Å²) in [7, 11) is -2.15. The number of primary sulfonamides is 1. The molecule has 0 bridgehead atoms. The molecule has 10 nitrogen and oxygen atoms in total. The summed E-state index contributed by atoms with van der Waals surface area (Å²) in [6, 6.07) is 10.5. The molecule has 0 radical (unpaired) electrons. The first kappa shape index (κ1) is 20.2. The van der Waals surface area contributed by atoms with E-state index in [2.05, 4.69) is 0 Å².